The summed E-state index contributed by atoms with van der Waals surface area (Å²) in [5.41, 5.74) is 5.33. The number of nitrogens with zero attached hydrogens (tertiary/aromatic N) is 11. The van der Waals surface area contributed by atoms with Gasteiger partial charge in [0.05, 0.1) is 39.0 Å². The smallest absolute Gasteiger partial charge is 0.308 e. The third-order valence-electron chi connectivity index (χ3n) is 12.1. The second kappa shape index (κ2) is 15.9. The number of hydrogen-bond acceptors (Lipinski definition) is 9. The topological polar surface area (TPSA) is 137 Å². The molecule has 6 heterocycles. The normalized spacial score (nSPS) is 11.7. The van der Waals surface area contributed by atoms with E-state index < -0.39 is 11.7 Å². The molecule has 0 fully saturated rings. The van der Waals surface area contributed by atoms with Crippen LogP contribution in [0.15, 0.2) is 183 Å². The minimum atomic E-state index is -4.74. The molecule has 68 heavy (non-hydrogen) atoms. The largest absolute Gasteiger partial charge is 0.417 e. The van der Waals surface area contributed by atoms with E-state index in [4.69, 9.17) is 0 Å². The fourth-order valence-electron chi connectivity index (χ4n) is 9.18. The molecule has 11 nitrogen and oxygen atoms in total. The summed E-state index contributed by atoms with van der Waals surface area (Å²) >= 11 is 0. The van der Waals surface area contributed by atoms with Gasteiger partial charge in [0.15, 0.2) is 23.3 Å². The lowest BCUT2D eigenvalue weighted by Gasteiger charge is -2.22. The third kappa shape index (κ3) is 6.60. The molecule has 6 aromatic carbocycles. The van der Waals surface area contributed by atoms with Crippen molar-refractivity contribution in [1.82, 2.24) is 49.0 Å². The number of benzene rings is 6. The van der Waals surface area contributed by atoms with Crippen molar-refractivity contribution in [1.29, 1.82) is 5.26 Å². The summed E-state index contributed by atoms with van der Waals surface area (Å²) in [6.07, 6.45) is 8.52. The maximum atomic E-state index is 15.3. The first-order valence-electron chi connectivity index (χ1n) is 21.3. The molecular weight excluding hydrogens is 860 g/mol. The molecule has 0 amide bonds. The molecule has 0 aliphatic rings. The Labute approximate surface area is 384 Å². The van der Waals surface area contributed by atoms with Gasteiger partial charge >= 0.3 is 6.18 Å². The Bertz CT molecular complexity index is 3770. The van der Waals surface area contributed by atoms with E-state index in [1.54, 1.807) is 92.0 Å². The van der Waals surface area contributed by atoms with Gasteiger partial charge in [0.2, 0.25) is 0 Å². The van der Waals surface area contributed by atoms with E-state index in [2.05, 4.69) is 45.9 Å². The summed E-state index contributed by atoms with van der Waals surface area (Å²) in [6.45, 7) is 0. The highest BCUT2D eigenvalue weighted by Gasteiger charge is 2.35. The number of hydrogen-bond donors (Lipinski definition) is 0. The Kier molecular flexibility index (Phi) is 9.36. The molecule has 0 N–H and O–H groups in total. The van der Waals surface area contributed by atoms with Crippen LogP contribution < -0.4 is 0 Å². The van der Waals surface area contributed by atoms with Gasteiger partial charge in [0.1, 0.15) is 11.6 Å². The summed E-state index contributed by atoms with van der Waals surface area (Å²) in [4.78, 5) is 36.3. The van der Waals surface area contributed by atoms with Crippen LogP contribution in [0.1, 0.15) is 11.1 Å². The minimum Gasteiger partial charge on any atom is -0.308 e. The first kappa shape index (κ1) is 40.1. The summed E-state index contributed by atoms with van der Waals surface area (Å²) in [7, 11) is 0. The maximum absolute atomic E-state index is 15.3. The molecule has 6 aromatic heterocycles. The third-order valence-corrected chi connectivity index (χ3v) is 12.1. The SMILES string of the molecule is N#Cc1c(-n2c3cc(-c4ncccn4)ccc3c3ccc(-c4ncccn4)cc32)ccc(-c2ccccc2C(F)(F)F)c1-n1c2cc(-c3ncccn3)ccc2c2ccc(-c3ncccn3)cc21. The fraction of sp³-hybridized carbons (Fsp3) is 0.0185. The van der Waals surface area contributed by atoms with Gasteiger partial charge in [-0.2, -0.15) is 18.4 Å². The quantitative estimate of drug-likeness (QED) is 0.153. The van der Waals surface area contributed by atoms with E-state index in [0.717, 1.165) is 38.7 Å². The van der Waals surface area contributed by atoms with E-state index in [0.29, 0.717) is 62.2 Å². The predicted molar refractivity (Wildman–Crippen MR) is 254 cm³/mol. The van der Waals surface area contributed by atoms with Crippen LogP contribution >= 0.6 is 0 Å². The van der Waals surface area contributed by atoms with E-state index in [9.17, 15) is 5.26 Å². The molecule has 12 aromatic rings. The number of rotatable bonds is 7. The molecular formula is C54H30F3N11. The van der Waals surface area contributed by atoms with Crippen LogP contribution in [0.4, 0.5) is 13.2 Å². The zero-order chi connectivity index (χ0) is 45.9. The number of alkyl halides is 3. The lowest BCUT2D eigenvalue weighted by atomic mass is 9.94. The first-order chi connectivity index (χ1) is 33.3. The monoisotopic (exact) mass is 889 g/mol. The zero-order valence-corrected chi connectivity index (χ0v) is 35.4. The van der Waals surface area contributed by atoms with Crippen LogP contribution in [-0.4, -0.2) is 49.0 Å². The van der Waals surface area contributed by atoms with Gasteiger partial charge in [-0.05, 0) is 66.2 Å². The lowest BCUT2D eigenvalue weighted by molar-refractivity contribution is -0.137. The van der Waals surface area contributed by atoms with Crippen LogP contribution in [-0.2, 0) is 6.18 Å². The molecule has 0 atom stereocenters. The van der Waals surface area contributed by atoms with Crippen molar-refractivity contribution in [3.05, 3.63) is 194 Å². The molecule has 0 aliphatic heterocycles. The minimum absolute atomic E-state index is 0.0996. The van der Waals surface area contributed by atoms with E-state index in [-0.39, 0.29) is 22.4 Å². The molecule has 0 aliphatic carbocycles. The van der Waals surface area contributed by atoms with Crippen molar-refractivity contribution < 1.29 is 13.2 Å². The number of nitriles is 1. The van der Waals surface area contributed by atoms with E-state index in [1.165, 1.54) is 12.1 Å². The van der Waals surface area contributed by atoms with Gasteiger partial charge in [0.25, 0.3) is 0 Å². The Hall–Kier alpha value is -9.48. The van der Waals surface area contributed by atoms with Crippen LogP contribution in [0.2, 0.25) is 0 Å². The number of halogens is 3. The second-order valence-corrected chi connectivity index (χ2v) is 15.9. The number of fused-ring (bicyclic) bond motifs is 6. The predicted octanol–water partition coefficient (Wildman–Crippen LogP) is 12.3. The van der Waals surface area contributed by atoms with Gasteiger partial charge in [0, 0.05) is 98.9 Å². The second-order valence-electron chi connectivity index (χ2n) is 15.9. The molecule has 322 valence electrons. The zero-order valence-electron chi connectivity index (χ0n) is 35.4. The van der Waals surface area contributed by atoms with Crippen LogP contribution in [0.3, 0.4) is 0 Å². The van der Waals surface area contributed by atoms with Gasteiger partial charge < -0.3 is 9.13 Å². The Morgan fingerprint density at radius 1 is 0.397 bits per heavy atom. The standard InChI is InChI=1S/C54H30F3N11/c55-54(56,57)43-8-2-1-7-36(43)41-17-18-44(67-45-27-32(50-59-19-3-20-60-50)9-13-37(45)38-14-10-33(28-46(38)67)51-61-21-4-22-62-51)42(31-58)49(41)68-47-29-34(52-63-23-5-24-64-52)11-15-39(47)40-16-12-35(30-48(40)68)53-65-25-6-26-66-53/h1-30H. The van der Waals surface area contributed by atoms with E-state index in [1.807, 2.05) is 81.9 Å². The lowest BCUT2D eigenvalue weighted by Crippen LogP contribution is -2.10. The Morgan fingerprint density at radius 3 is 1.13 bits per heavy atom. The summed E-state index contributed by atoms with van der Waals surface area (Å²) < 4.78 is 49.6. The average molecular weight is 890 g/mol. The molecule has 0 saturated heterocycles. The molecule has 0 saturated carbocycles. The van der Waals surface area contributed by atoms with Crippen LogP contribution in [0.5, 0.6) is 0 Å². The van der Waals surface area contributed by atoms with Gasteiger partial charge in [-0.15, -0.1) is 0 Å². The van der Waals surface area contributed by atoms with Crippen molar-refractivity contribution in [2.75, 3.05) is 0 Å². The maximum Gasteiger partial charge on any atom is 0.417 e. The Morgan fingerprint density at radius 2 is 0.765 bits per heavy atom. The van der Waals surface area contributed by atoms with Crippen LogP contribution in [0.25, 0.3) is 112 Å². The van der Waals surface area contributed by atoms with Crippen molar-refractivity contribution in [2.24, 2.45) is 0 Å². The highest BCUT2D eigenvalue weighted by Crippen LogP contribution is 2.46. The van der Waals surface area contributed by atoms with Crippen molar-refractivity contribution in [2.45, 2.75) is 6.18 Å². The molecule has 0 bridgehead atoms. The average Bonchev–Trinajstić information content (AvgIpc) is 3.89. The highest BCUT2D eigenvalue weighted by atomic mass is 19.4. The molecule has 0 spiro atoms. The first-order valence-corrected chi connectivity index (χ1v) is 21.3. The molecule has 14 heteroatoms. The number of aromatic nitrogens is 10. The summed E-state index contributed by atoms with van der Waals surface area (Å²) in [5, 5.41) is 15.1. The Balaban J connectivity index is 1.25. The van der Waals surface area contributed by atoms with Crippen molar-refractivity contribution in [3.8, 4) is 74.1 Å². The summed E-state index contributed by atoms with van der Waals surface area (Å²) in [5.74, 6) is 1.88. The summed E-state index contributed by atoms with van der Waals surface area (Å²) in [6, 6.07) is 41.7. The molecule has 0 radical (unpaired) electrons. The van der Waals surface area contributed by atoms with Gasteiger partial charge in [-0.1, -0.05) is 72.8 Å². The van der Waals surface area contributed by atoms with Gasteiger partial charge in [-0.25, -0.2) is 39.9 Å². The molecule has 12 rings (SSSR count). The van der Waals surface area contributed by atoms with Gasteiger partial charge in [-0.3, -0.25) is 0 Å². The van der Waals surface area contributed by atoms with Crippen LogP contribution in [0, 0.1) is 11.3 Å². The van der Waals surface area contributed by atoms with Crippen molar-refractivity contribution >= 4 is 43.6 Å². The fourth-order valence-corrected chi connectivity index (χ4v) is 9.18. The van der Waals surface area contributed by atoms with E-state index >= 15 is 13.2 Å². The van der Waals surface area contributed by atoms with Crippen molar-refractivity contribution in [3.63, 3.8) is 0 Å². The highest BCUT2D eigenvalue weighted by molar-refractivity contribution is 6.13. The molecule has 0 unspecified atom stereocenters.